The van der Waals surface area contributed by atoms with E-state index < -0.39 is 12.6 Å². The van der Waals surface area contributed by atoms with Gasteiger partial charge in [0.05, 0.1) is 0 Å². The summed E-state index contributed by atoms with van der Waals surface area (Å²) in [4.78, 5) is 0. The van der Waals surface area contributed by atoms with E-state index in [0.29, 0.717) is 6.54 Å². The Kier molecular flexibility index (Phi) is 4.50. The molecule has 4 heteroatoms. The summed E-state index contributed by atoms with van der Waals surface area (Å²) in [6.07, 6.45) is -1.12. The summed E-state index contributed by atoms with van der Waals surface area (Å²) in [7, 11) is 0. The van der Waals surface area contributed by atoms with E-state index >= 15 is 0 Å². The SMILES string of the molecule is CC(NCCCC(F)(F)F)c1ccc2c(c1)CCC2. The van der Waals surface area contributed by atoms with Crippen LogP contribution in [0.1, 0.15) is 48.9 Å². The fraction of sp³-hybridized carbons (Fsp3) is 0.600. The van der Waals surface area contributed by atoms with Crippen LogP contribution in [0.25, 0.3) is 0 Å². The molecule has 0 heterocycles. The summed E-state index contributed by atoms with van der Waals surface area (Å²) in [6.45, 7) is 2.40. The number of hydrogen-bond donors (Lipinski definition) is 1. The third-order valence-electron chi connectivity index (χ3n) is 3.71. The first-order valence-corrected chi connectivity index (χ1v) is 6.87. The van der Waals surface area contributed by atoms with Gasteiger partial charge in [0.25, 0.3) is 0 Å². The maximum Gasteiger partial charge on any atom is 0.389 e. The first-order valence-electron chi connectivity index (χ1n) is 6.87. The number of nitrogens with one attached hydrogen (secondary N) is 1. The molecule has 1 nitrogen and oxygen atoms in total. The van der Waals surface area contributed by atoms with E-state index in [4.69, 9.17) is 0 Å². The van der Waals surface area contributed by atoms with Crippen molar-refractivity contribution in [3.63, 3.8) is 0 Å². The highest BCUT2D eigenvalue weighted by Crippen LogP contribution is 2.25. The van der Waals surface area contributed by atoms with Gasteiger partial charge in [-0.3, -0.25) is 0 Å². The van der Waals surface area contributed by atoms with Gasteiger partial charge < -0.3 is 5.32 Å². The minimum atomic E-state index is -4.04. The van der Waals surface area contributed by atoms with Crippen LogP contribution in [-0.2, 0) is 12.8 Å². The molecule has 0 bridgehead atoms. The van der Waals surface area contributed by atoms with Gasteiger partial charge in [-0.15, -0.1) is 0 Å². The van der Waals surface area contributed by atoms with Crippen LogP contribution in [0.3, 0.4) is 0 Å². The third-order valence-corrected chi connectivity index (χ3v) is 3.71. The van der Waals surface area contributed by atoms with Crippen molar-refractivity contribution < 1.29 is 13.2 Å². The Bertz CT molecular complexity index is 426. The van der Waals surface area contributed by atoms with Crippen molar-refractivity contribution in [1.29, 1.82) is 0 Å². The second-order valence-electron chi connectivity index (χ2n) is 5.28. The molecule has 0 radical (unpaired) electrons. The van der Waals surface area contributed by atoms with Crippen LogP contribution >= 0.6 is 0 Å². The van der Waals surface area contributed by atoms with Gasteiger partial charge in [0.15, 0.2) is 0 Å². The number of benzene rings is 1. The molecule has 1 N–H and O–H groups in total. The molecule has 2 rings (SSSR count). The number of halogens is 3. The van der Waals surface area contributed by atoms with Crippen LogP contribution in [0.5, 0.6) is 0 Å². The maximum absolute atomic E-state index is 12.0. The number of rotatable bonds is 5. The van der Waals surface area contributed by atoms with Crippen LogP contribution in [0.2, 0.25) is 0 Å². The average Bonchev–Trinajstić information content (AvgIpc) is 2.80. The monoisotopic (exact) mass is 271 g/mol. The van der Waals surface area contributed by atoms with Crippen molar-refractivity contribution in [3.8, 4) is 0 Å². The zero-order valence-electron chi connectivity index (χ0n) is 11.2. The molecule has 1 aliphatic rings. The molecule has 1 unspecified atom stereocenters. The molecule has 19 heavy (non-hydrogen) atoms. The van der Waals surface area contributed by atoms with Gasteiger partial charge in [0, 0.05) is 12.5 Å². The zero-order valence-corrected chi connectivity index (χ0v) is 11.2. The van der Waals surface area contributed by atoms with E-state index in [1.54, 1.807) is 0 Å². The molecular formula is C15H20F3N. The lowest BCUT2D eigenvalue weighted by Crippen LogP contribution is -2.21. The van der Waals surface area contributed by atoms with E-state index in [1.165, 1.54) is 23.1 Å². The molecule has 0 saturated heterocycles. The smallest absolute Gasteiger partial charge is 0.310 e. The van der Waals surface area contributed by atoms with E-state index in [0.717, 1.165) is 12.8 Å². The van der Waals surface area contributed by atoms with Crippen molar-refractivity contribution in [2.24, 2.45) is 0 Å². The average molecular weight is 271 g/mol. The van der Waals surface area contributed by atoms with Crippen LogP contribution in [-0.4, -0.2) is 12.7 Å². The second kappa shape index (κ2) is 5.95. The van der Waals surface area contributed by atoms with Crippen molar-refractivity contribution in [1.82, 2.24) is 5.32 Å². The summed E-state index contributed by atoms with van der Waals surface area (Å²) >= 11 is 0. The third kappa shape index (κ3) is 4.23. The van der Waals surface area contributed by atoms with Crippen molar-refractivity contribution in [2.75, 3.05) is 6.54 Å². The van der Waals surface area contributed by atoms with Crippen molar-refractivity contribution in [3.05, 3.63) is 34.9 Å². The number of fused-ring (bicyclic) bond motifs is 1. The molecule has 0 spiro atoms. The van der Waals surface area contributed by atoms with E-state index in [9.17, 15) is 13.2 Å². The highest BCUT2D eigenvalue weighted by Gasteiger charge is 2.26. The lowest BCUT2D eigenvalue weighted by Gasteiger charge is -2.16. The molecule has 0 amide bonds. The molecule has 106 valence electrons. The highest BCUT2D eigenvalue weighted by atomic mass is 19.4. The van der Waals surface area contributed by atoms with Gasteiger partial charge in [0.1, 0.15) is 0 Å². The molecule has 1 aliphatic carbocycles. The standard InChI is InChI=1S/C15H20F3N/c1-11(19-9-3-8-15(16,17)18)13-7-6-12-4-2-5-14(12)10-13/h6-7,10-11,19H,2-5,8-9H2,1H3. The minimum Gasteiger partial charge on any atom is -0.310 e. The number of hydrogen-bond acceptors (Lipinski definition) is 1. The van der Waals surface area contributed by atoms with Gasteiger partial charge in [-0.2, -0.15) is 13.2 Å². The zero-order chi connectivity index (χ0) is 13.9. The fourth-order valence-corrected chi connectivity index (χ4v) is 2.59. The Morgan fingerprint density at radius 2 is 1.95 bits per heavy atom. The Hall–Kier alpha value is -1.03. The first-order chi connectivity index (χ1) is 8.96. The normalized spacial score (nSPS) is 16.4. The molecule has 0 fully saturated rings. The summed E-state index contributed by atoms with van der Waals surface area (Å²) in [5.74, 6) is 0. The van der Waals surface area contributed by atoms with Gasteiger partial charge in [-0.05, 0) is 55.8 Å². The molecule has 1 aromatic rings. The first kappa shape index (κ1) is 14.4. The largest absolute Gasteiger partial charge is 0.389 e. The van der Waals surface area contributed by atoms with Crippen molar-refractivity contribution >= 4 is 0 Å². The summed E-state index contributed by atoms with van der Waals surface area (Å²) < 4.78 is 36.1. The van der Waals surface area contributed by atoms with Crippen LogP contribution in [0.15, 0.2) is 18.2 Å². The molecule has 1 atom stereocenters. The van der Waals surface area contributed by atoms with E-state index in [2.05, 4.69) is 23.5 Å². The molecule has 0 aliphatic heterocycles. The van der Waals surface area contributed by atoms with Gasteiger partial charge in [-0.25, -0.2) is 0 Å². The Morgan fingerprint density at radius 3 is 2.68 bits per heavy atom. The Labute approximate surface area is 112 Å². The van der Waals surface area contributed by atoms with Gasteiger partial charge >= 0.3 is 6.18 Å². The summed E-state index contributed by atoms with van der Waals surface area (Å²) in [5, 5.41) is 3.16. The topological polar surface area (TPSA) is 12.0 Å². The lowest BCUT2D eigenvalue weighted by molar-refractivity contribution is -0.135. The van der Waals surface area contributed by atoms with E-state index in [1.807, 2.05) is 6.92 Å². The Morgan fingerprint density at radius 1 is 1.21 bits per heavy atom. The quantitative estimate of drug-likeness (QED) is 0.793. The minimum absolute atomic E-state index is 0.110. The maximum atomic E-state index is 12.0. The lowest BCUT2D eigenvalue weighted by atomic mass is 10.0. The van der Waals surface area contributed by atoms with Gasteiger partial charge in [0.2, 0.25) is 0 Å². The summed E-state index contributed by atoms with van der Waals surface area (Å²) in [6, 6.07) is 6.56. The number of alkyl halides is 3. The summed E-state index contributed by atoms with van der Waals surface area (Å²) in [5.41, 5.74) is 4.00. The second-order valence-corrected chi connectivity index (χ2v) is 5.28. The molecule has 0 saturated carbocycles. The Balaban J connectivity index is 1.81. The molecule has 1 aromatic carbocycles. The van der Waals surface area contributed by atoms with Crippen LogP contribution in [0.4, 0.5) is 13.2 Å². The predicted molar refractivity (Wildman–Crippen MR) is 70.2 cm³/mol. The predicted octanol–water partition coefficient (Wildman–Crippen LogP) is 4.17. The molecular weight excluding hydrogens is 251 g/mol. The van der Waals surface area contributed by atoms with E-state index in [-0.39, 0.29) is 12.5 Å². The molecule has 0 aromatic heterocycles. The van der Waals surface area contributed by atoms with Crippen LogP contribution in [0, 0.1) is 0 Å². The van der Waals surface area contributed by atoms with Gasteiger partial charge in [-0.1, -0.05) is 18.2 Å². The van der Waals surface area contributed by atoms with Crippen LogP contribution < -0.4 is 5.32 Å². The highest BCUT2D eigenvalue weighted by molar-refractivity contribution is 5.36. The van der Waals surface area contributed by atoms with Crippen molar-refractivity contribution in [2.45, 2.75) is 51.2 Å². The fourth-order valence-electron chi connectivity index (χ4n) is 2.59. The number of aryl methyl sites for hydroxylation is 2.